The molecule has 0 bridgehead atoms. The van der Waals surface area contributed by atoms with Gasteiger partial charge in [0.05, 0.1) is 0 Å². The number of hydrogen-bond acceptors (Lipinski definition) is 5. The van der Waals surface area contributed by atoms with Crippen molar-refractivity contribution in [2.24, 2.45) is 5.73 Å². The maximum Gasteiger partial charge on any atom is 0.0110 e. The summed E-state index contributed by atoms with van der Waals surface area (Å²) in [6, 6.07) is 0. The van der Waals surface area contributed by atoms with Crippen LogP contribution in [0.25, 0.3) is 0 Å². The van der Waals surface area contributed by atoms with Gasteiger partial charge in [-0.25, -0.2) is 0 Å². The minimum Gasteiger partial charge on any atom is -0.329 e. The van der Waals surface area contributed by atoms with Gasteiger partial charge in [0.15, 0.2) is 0 Å². The third kappa shape index (κ3) is 18.2. The zero-order valence-corrected chi connectivity index (χ0v) is 13.1. The first-order valence-electron chi connectivity index (χ1n) is 6.98. The maximum atomic E-state index is 5.53. The van der Waals surface area contributed by atoms with Crippen molar-refractivity contribution < 1.29 is 0 Å². The van der Waals surface area contributed by atoms with Crippen molar-refractivity contribution in [2.75, 3.05) is 74.0 Å². The van der Waals surface area contributed by atoms with Crippen molar-refractivity contribution in [3.63, 3.8) is 0 Å². The van der Waals surface area contributed by atoms with Crippen LogP contribution in [0, 0.1) is 0 Å². The molecule has 0 aliphatic heterocycles. The van der Waals surface area contributed by atoms with E-state index in [-0.39, 0.29) is 0 Å². The highest BCUT2D eigenvalue weighted by atomic mass is 15.2. The molecule has 0 rings (SSSR count). The number of nitrogens with one attached hydrogen (secondary N) is 2. The summed E-state index contributed by atoms with van der Waals surface area (Å²) in [5.41, 5.74) is 5.53. The smallest absolute Gasteiger partial charge is 0.0110 e. The molecular weight excluding hydrogens is 226 g/mol. The van der Waals surface area contributed by atoms with Crippen molar-refractivity contribution in [2.45, 2.75) is 13.3 Å². The summed E-state index contributed by atoms with van der Waals surface area (Å²) in [6.07, 6.45) is 1.23. The van der Waals surface area contributed by atoms with Gasteiger partial charge in [0.2, 0.25) is 0 Å². The molecule has 0 atom stereocenters. The minimum atomic E-state index is 0.747. The van der Waals surface area contributed by atoms with E-state index in [4.69, 9.17) is 5.73 Å². The lowest BCUT2D eigenvalue weighted by molar-refractivity contribution is 0.247. The van der Waals surface area contributed by atoms with Crippen molar-refractivity contribution in [1.29, 1.82) is 0 Å². The van der Waals surface area contributed by atoms with E-state index >= 15 is 0 Å². The Kier molecular flexibility index (Phi) is 18.8. The topological polar surface area (TPSA) is 56.6 Å². The van der Waals surface area contributed by atoms with E-state index in [1.807, 2.05) is 14.1 Å². The molecule has 18 heavy (non-hydrogen) atoms. The highest BCUT2D eigenvalue weighted by Crippen LogP contribution is 1.86. The van der Waals surface area contributed by atoms with E-state index in [1.165, 1.54) is 6.42 Å². The number of hydrogen-bond donors (Lipinski definition) is 3. The molecule has 0 fully saturated rings. The molecule has 5 nitrogen and oxygen atoms in total. The summed E-state index contributed by atoms with van der Waals surface area (Å²) in [6.45, 7) is 9.35. The maximum absolute atomic E-state index is 5.53. The average molecular weight is 261 g/mol. The summed E-state index contributed by atoms with van der Waals surface area (Å²) in [7, 11) is 8.13. The second-order valence-corrected chi connectivity index (χ2v) is 4.64. The van der Waals surface area contributed by atoms with E-state index in [0.29, 0.717) is 0 Å². The Morgan fingerprint density at radius 1 is 0.889 bits per heavy atom. The van der Waals surface area contributed by atoms with Gasteiger partial charge in [-0.1, -0.05) is 6.92 Å². The minimum absolute atomic E-state index is 0.747. The number of rotatable bonds is 10. The molecule has 0 amide bonds. The van der Waals surface area contributed by atoms with Crippen LogP contribution in [0.15, 0.2) is 0 Å². The van der Waals surface area contributed by atoms with Crippen LogP contribution < -0.4 is 16.4 Å². The van der Waals surface area contributed by atoms with E-state index in [2.05, 4.69) is 41.5 Å². The molecule has 4 N–H and O–H groups in total. The SMILES string of the molecule is CCCNC.CNCCN(CCN)CCN(C)C. The van der Waals surface area contributed by atoms with E-state index in [0.717, 1.165) is 45.8 Å². The van der Waals surface area contributed by atoms with Gasteiger partial charge >= 0.3 is 0 Å². The van der Waals surface area contributed by atoms with Crippen LogP contribution >= 0.6 is 0 Å². The van der Waals surface area contributed by atoms with Crippen LogP contribution in [0.4, 0.5) is 0 Å². The fraction of sp³-hybridized carbons (Fsp3) is 1.00. The Labute approximate surface area is 114 Å². The third-order valence-corrected chi connectivity index (χ3v) is 2.49. The predicted molar refractivity (Wildman–Crippen MR) is 82.2 cm³/mol. The monoisotopic (exact) mass is 261 g/mol. The van der Waals surface area contributed by atoms with Gasteiger partial charge in [0.1, 0.15) is 0 Å². The molecule has 0 saturated heterocycles. The molecule has 0 aromatic rings. The van der Waals surface area contributed by atoms with E-state index < -0.39 is 0 Å². The molecule has 0 unspecified atom stereocenters. The molecule has 0 aromatic carbocycles. The zero-order valence-electron chi connectivity index (χ0n) is 13.1. The summed E-state index contributed by atoms with van der Waals surface area (Å²) >= 11 is 0. The van der Waals surface area contributed by atoms with Crippen LogP contribution in [-0.4, -0.2) is 83.8 Å². The second kappa shape index (κ2) is 16.8. The van der Waals surface area contributed by atoms with E-state index in [9.17, 15) is 0 Å². The summed E-state index contributed by atoms with van der Waals surface area (Å²) in [4.78, 5) is 4.58. The van der Waals surface area contributed by atoms with Crippen LogP contribution in [0.3, 0.4) is 0 Å². The highest BCUT2D eigenvalue weighted by molar-refractivity contribution is 4.61. The fourth-order valence-corrected chi connectivity index (χ4v) is 1.38. The molecular formula is C13H35N5. The average Bonchev–Trinajstić information content (AvgIpc) is 2.34. The molecule has 112 valence electrons. The first-order valence-corrected chi connectivity index (χ1v) is 6.98. The lowest BCUT2D eigenvalue weighted by Crippen LogP contribution is -2.38. The van der Waals surface area contributed by atoms with Gasteiger partial charge in [0, 0.05) is 39.3 Å². The number of likely N-dealkylation sites (N-methyl/N-ethyl adjacent to an activating group) is 2. The van der Waals surface area contributed by atoms with E-state index in [1.54, 1.807) is 0 Å². The normalized spacial score (nSPS) is 10.7. The van der Waals surface area contributed by atoms with Crippen LogP contribution in [0.1, 0.15) is 13.3 Å². The van der Waals surface area contributed by atoms with Crippen molar-refractivity contribution in [1.82, 2.24) is 20.4 Å². The zero-order chi connectivity index (χ0) is 14.2. The lowest BCUT2D eigenvalue weighted by Gasteiger charge is -2.23. The van der Waals surface area contributed by atoms with Crippen LogP contribution in [0.5, 0.6) is 0 Å². The number of nitrogens with zero attached hydrogens (tertiary/aromatic N) is 2. The summed E-state index contributed by atoms with van der Waals surface area (Å²) in [5, 5.41) is 6.17. The van der Waals surface area contributed by atoms with Crippen molar-refractivity contribution in [3.8, 4) is 0 Å². The predicted octanol–water partition coefficient (Wildman–Crippen LogP) is -0.356. The molecule has 0 aromatic heterocycles. The van der Waals surface area contributed by atoms with Gasteiger partial charge in [0.25, 0.3) is 0 Å². The summed E-state index contributed by atoms with van der Waals surface area (Å²) in [5.74, 6) is 0. The fourth-order valence-electron chi connectivity index (χ4n) is 1.38. The standard InChI is InChI=1S/C9H24N4.C4H11N/c1-11-5-7-13(6-4-10)9-8-12(2)3;1-3-4-5-2/h11H,4-10H2,1-3H3;5H,3-4H2,1-2H3. The molecule has 0 heterocycles. The Morgan fingerprint density at radius 2 is 1.50 bits per heavy atom. The van der Waals surface area contributed by atoms with Gasteiger partial charge in [-0.15, -0.1) is 0 Å². The van der Waals surface area contributed by atoms with Crippen LogP contribution in [-0.2, 0) is 0 Å². The van der Waals surface area contributed by atoms with Gasteiger partial charge in [-0.05, 0) is 41.2 Å². The molecule has 0 aliphatic rings. The Morgan fingerprint density at radius 3 is 1.83 bits per heavy atom. The van der Waals surface area contributed by atoms with Crippen molar-refractivity contribution in [3.05, 3.63) is 0 Å². The Hall–Kier alpha value is -0.200. The Bertz CT molecular complexity index is 139. The number of nitrogens with two attached hydrogens (primary N) is 1. The molecule has 5 heteroatoms. The summed E-state index contributed by atoms with van der Waals surface area (Å²) < 4.78 is 0. The molecule has 0 aliphatic carbocycles. The van der Waals surface area contributed by atoms with Gasteiger partial charge in [-0.3, -0.25) is 4.90 Å². The molecule has 0 radical (unpaired) electrons. The third-order valence-electron chi connectivity index (χ3n) is 2.49. The molecule has 0 spiro atoms. The largest absolute Gasteiger partial charge is 0.329 e. The van der Waals surface area contributed by atoms with Crippen LogP contribution in [0.2, 0.25) is 0 Å². The van der Waals surface area contributed by atoms with Crippen molar-refractivity contribution >= 4 is 0 Å². The van der Waals surface area contributed by atoms with Gasteiger partial charge in [-0.2, -0.15) is 0 Å². The first-order chi connectivity index (χ1) is 8.62. The first kappa shape index (κ1) is 20.1. The van der Waals surface area contributed by atoms with Gasteiger partial charge < -0.3 is 21.3 Å². The second-order valence-electron chi connectivity index (χ2n) is 4.64. The Balaban J connectivity index is 0. The molecule has 0 saturated carbocycles. The highest BCUT2D eigenvalue weighted by Gasteiger charge is 2.02. The lowest BCUT2D eigenvalue weighted by atomic mass is 10.4. The quantitative estimate of drug-likeness (QED) is 0.502.